The molecule has 3 N–H and O–H groups in total. The SMILES string of the molecule is N#Cc1cc(N)ccc1NS(=O)(=O)c1ccc(Br)cc1Cl. The number of anilines is 2. The van der Waals surface area contributed by atoms with Crippen LogP contribution in [-0.4, -0.2) is 8.42 Å². The number of nitriles is 1. The number of sulfonamides is 1. The Bertz CT molecular complexity index is 847. The van der Waals surface area contributed by atoms with Crippen LogP contribution in [0.2, 0.25) is 5.02 Å². The van der Waals surface area contributed by atoms with Crippen LogP contribution < -0.4 is 10.5 Å². The third-order valence-electron chi connectivity index (χ3n) is 2.59. The van der Waals surface area contributed by atoms with Gasteiger partial charge in [-0.25, -0.2) is 8.42 Å². The molecule has 0 aliphatic heterocycles. The molecule has 21 heavy (non-hydrogen) atoms. The second-order valence-corrected chi connectivity index (χ2v) is 7.07. The fourth-order valence-electron chi connectivity index (χ4n) is 1.64. The summed E-state index contributed by atoms with van der Waals surface area (Å²) in [4.78, 5) is -0.0759. The van der Waals surface area contributed by atoms with E-state index in [1.807, 2.05) is 6.07 Å². The summed E-state index contributed by atoms with van der Waals surface area (Å²) in [5, 5.41) is 9.10. The van der Waals surface area contributed by atoms with E-state index in [0.29, 0.717) is 10.2 Å². The number of benzene rings is 2. The zero-order chi connectivity index (χ0) is 15.6. The molecule has 0 fully saturated rings. The van der Waals surface area contributed by atoms with Crippen molar-refractivity contribution in [3.05, 3.63) is 51.5 Å². The molecule has 0 spiro atoms. The van der Waals surface area contributed by atoms with Crippen molar-refractivity contribution in [1.82, 2.24) is 0 Å². The molecule has 0 aliphatic rings. The van der Waals surface area contributed by atoms with E-state index in [1.165, 1.54) is 30.3 Å². The minimum Gasteiger partial charge on any atom is -0.399 e. The molecule has 2 rings (SSSR count). The predicted molar refractivity (Wildman–Crippen MR) is 85.5 cm³/mol. The van der Waals surface area contributed by atoms with E-state index in [9.17, 15) is 8.42 Å². The summed E-state index contributed by atoms with van der Waals surface area (Å²) in [7, 11) is -3.90. The molecule has 0 bridgehead atoms. The molecule has 0 amide bonds. The molecule has 8 heteroatoms. The number of nitrogens with one attached hydrogen (secondary N) is 1. The number of rotatable bonds is 3. The van der Waals surface area contributed by atoms with Gasteiger partial charge in [-0.1, -0.05) is 27.5 Å². The normalized spacial score (nSPS) is 10.9. The number of halogens is 2. The molecule has 5 nitrogen and oxygen atoms in total. The summed E-state index contributed by atoms with van der Waals surface area (Å²) in [6, 6.07) is 10.6. The first kappa shape index (κ1) is 15.6. The van der Waals surface area contributed by atoms with Crippen molar-refractivity contribution in [1.29, 1.82) is 5.26 Å². The lowest BCUT2D eigenvalue weighted by molar-refractivity contribution is 0.601. The topological polar surface area (TPSA) is 96.0 Å². The highest BCUT2D eigenvalue weighted by atomic mass is 79.9. The summed E-state index contributed by atoms with van der Waals surface area (Å²) < 4.78 is 27.7. The average Bonchev–Trinajstić information content (AvgIpc) is 2.40. The molecule has 0 saturated carbocycles. The lowest BCUT2D eigenvalue weighted by atomic mass is 10.2. The summed E-state index contributed by atoms with van der Waals surface area (Å²) in [5.41, 5.74) is 6.21. The quantitative estimate of drug-likeness (QED) is 0.791. The molecule has 2 aromatic rings. The molecule has 108 valence electrons. The highest BCUT2D eigenvalue weighted by Gasteiger charge is 2.19. The summed E-state index contributed by atoms with van der Waals surface area (Å²) in [6.45, 7) is 0. The fraction of sp³-hybridized carbons (Fsp3) is 0. The van der Waals surface area contributed by atoms with Gasteiger partial charge in [0.25, 0.3) is 10.0 Å². The number of nitrogens with zero attached hydrogens (tertiary/aromatic N) is 1. The van der Waals surface area contributed by atoms with E-state index in [4.69, 9.17) is 22.6 Å². The Morgan fingerprint density at radius 2 is 1.95 bits per heavy atom. The van der Waals surface area contributed by atoms with Crippen LogP contribution >= 0.6 is 27.5 Å². The van der Waals surface area contributed by atoms with Crippen LogP contribution in [0.5, 0.6) is 0 Å². The third-order valence-corrected chi connectivity index (χ3v) is 4.93. The van der Waals surface area contributed by atoms with E-state index < -0.39 is 10.0 Å². The Balaban J connectivity index is 2.45. The maximum Gasteiger partial charge on any atom is 0.263 e. The predicted octanol–water partition coefficient (Wildman–Crippen LogP) is 3.36. The highest BCUT2D eigenvalue weighted by Crippen LogP contribution is 2.28. The summed E-state index contributed by atoms with van der Waals surface area (Å²) >= 11 is 9.15. The molecule has 0 aromatic heterocycles. The first-order valence-corrected chi connectivity index (χ1v) is 8.26. The molecule has 0 unspecified atom stereocenters. The first-order valence-electron chi connectivity index (χ1n) is 5.61. The largest absolute Gasteiger partial charge is 0.399 e. The molecule has 0 aliphatic carbocycles. The Kier molecular flexibility index (Phi) is 4.42. The van der Waals surface area contributed by atoms with Gasteiger partial charge in [0.05, 0.1) is 16.3 Å². The van der Waals surface area contributed by atoms with Crippen molar-refractivity contribution in [3.63, 3.8) is 0 Å². The minimum absolute atomic E-state index is 0.0748. The second-order valence-electron chi connectivity index (χ2n) is 4.10. The lowest BCUT2D eigenvalue weighted by Crippen LogP contribution is -2.14. The van der Waals surface area contributed by atoms with E-state index in [0.717, 1.165) is 0 Å². The van der Waals surface area contributed by atoms with Gasteiger partial charge >= 0.3 is 0 Å². The van der Waals surface area contributed by atoms with Crippen molar-refractivity contribution in [2.75, 3.05) is 10.5 Å². The zero-order valence-corrected chi connectivity index (χ0v) is 13.6. The maximum absolute atomic E-state index is 12.3. The minimum atomic E-state index is -3.90. The Hall–Kier alpha value is -1.75. The Morgan fingerprint density at radius 1 is 1.24 bits per heavy atom. The van der Waals surface area contributed by atoms with Crippen LogP contribution in [0, 0.1) is 11.3 Å². The standard InChI is InChI=1S/C13H9BrClN3O2S/c14-9-1-4-13(11(15)6-9)21(19,20)18-12-3-2-10(17)5-8(12)7-16/h1-6,18H,17H2. The van der Waals surface area contributed by atoms with Crippen LogP contribution in [0.4, 0.5) is 11.4 Å². The van der Waals surface area contributed by atoms with E-state index >= 15 is 0 Å². The zero-order valence-electron chi connectivity index (χ0n) is 10.5. The van der Waals surface area contributed by atoms with Gasteiger partial charge in [-0.2, -0.15) is 5.26 Å². The summed E-state index contributed by atoms with van der Waals surface area (Å²) in [6.07, 6.45) is 0. The highest BCUT2D eigenvalue weighted by molar-refractivity contribution is 9.10. The Morgan fingerprint density at radius 3 is 2.57 bits per heavy atom. The van der Waals surface area contributed by atoms with Crippen molar-refractivity contribution in [2.45, 2.75) is 4.90 Å². The number of hydrogen-bond donors (Lipinski definition) is 2. The Labute approximate surface area is 135 Å². The monoisotopic (exact) mass is 385 g/mol. The van der Waals surface area contributed by atoms with Crippen LogP contribution in [-0.2, 0) is 10.0 Å². The van der Waals surface area contributed by atoms with E-state index in [1.54, 1.807) is 6.07 Å². The van der Waals surface area contributed by atoms with Crippen molar-refractivity contribution < 1.29 is 8.42 Å². The van der Waals surface area contributed by atoms with E-state index in [-0.39, 0.29) is 21.2 Å². The van der Waals surface area contributed by atoms with Gasteiger partial charge in [0.2, 0.25) is 0 Å². The van der Waals surface area contributed by atoms with Gasteiger partial charge in [0, 0.05) is 10.2 Å². The second kappa shape index (κ2) is 5.93. The van der Waals surface area contributed by atoms with Gasteiger partial charge in [0.15, 0.2) is 0 Å². The van der Waals surface area contributed by atoms with Gasteiger partial charge in [-0.3, -0.25) is 4.72 Å². The van der Waals surface area contributed by atoms with Crippen molar-refractivity contribution in [3.8, 4) is 6.07 Å². The van der Waals surface area contributed by atoms with Gasteiger partial charge in [-0.05, 0) is 36.4 Å². The number of hydrogen-bond acceptors (Lipinski definition) is 4. The third kappa shape index (κ3) is 3.47. The molecule has 0 radical (unpaired) electrons. The number of nitrogen functional groups attached to an aromatic ring is 1. The van der Waals surface area contributed by atoms with Crippen molar-refractivity contribution in [2.24, 2.45) is 0 Å². The number of nitrogens with two attached hydrogens (primary N) is 1. The van der Waals surface area contributed by atoms with Gasteiger partial charge in [0.1, 0.15) is 11.0 Å². The fourth-order valence-corrected chi connectivity index (χ4v) is 3.75. The molecule has 0 saturated heterocycles. The first-order chi connectivity index (χ1) is 9.83. The average molecular weight is 387 g/mol. The maximum atomic E-state index is 12.3. The molecular formula is C13H9BrClN3O2S. The van der Waals surface area contributed by atoms with Gasteiger partial charge < -0.3 is 5.73 Å². The molecule has 2 aromatic carbocycles. The van der Waals surface area contributed by atoms with Crippen molar-refractivity contribution >= 4 is 48.9 Å². The lowest BCUT2D eigenvalue weighted by Gasteiger charge is -2.11. The molecule has 0 atom stereocenters. The van der Waals surface area contributed by atoms with Crippen LogP contribution in [0.15, 0.2) is 45.8 Å². The molecular weight excluding hydrogens is 378 g/mol. The molecule has 0 heterocycles. The van der Waals surface area contributed by atoms with Crippen LogP contribution in [0.1, 0.15) is 5.56 Å². The van der Waals surface area contributed by atoms with Crippen LogP contribution in [0.25, 0.3) is 0 Å². The van der Waals surface area contributed by atoms with E-state index in [2.05, 4.69) is 20.7 Å². The van der Waals surface area contributed by atoms with Gasteiger partial charge in [-0.15, -0.1) is 0 Å². The summed E-state index contributed by atoms with van der Waals surface area (Å²) in [5.74, 6) is 0. The smallest absolute Gasteiger partial charge is 0.263 e. The van der Waals surface area contributed by atoms with Crippen LogP contribution in [0.3, 0.4) is 0 Å².